The molecule has 0 bridgehead atoms. The largest absolute Gasteiger partial charge is 0.516 e. The van der Waals surface area contributed by atoms with E-state index in [9.17, 15) is 4.79 Å². The first-order valence-corrected chi connectivity index (χ1v) is 12.2. The molecule has 2 aliphatic heterocycles. The summed E-state index contributed by atoms with van der Waals surface area (Å²) >= 11 is 0. The summed E-state index contributed by atoms with van der Waals surface area (Å²) in [5, 5.41) is 0. The Morgan fingerprint density at radius 3 is 2.50 bits per heavy atom. The first-order valence-electron chi connectivity index (χ1n) is 12.2. The molecule has 0 aliphatic carbocycles. The molecule has 0 N–H and O–H groups in total. The second-order valence-corrected chi connectivity index (χ2v) is 11.0. The molecule has 1 aromatic carbocycles. The van der Waals surface area contributed by atoms with E-state index in [4.69, 9.17) is 9.47 Å². The summed E-state index contributed by atoms with van der Waals surface area (Å²) in [4.78, 5) is 15.3. The molecule has 2 saturated heterocycles. The van der Waals surface area contributed by atoms with Gasteiger partial charge in [0.1, 0.15) is 5.60 Å². The number of likely N-dealkylation sites (tertiary alicyclic amines) is 1. The number of anilines is 1. The van der Waals surface area contributed by atoms with Crippen LogP contribution in [0.2, 0.25) is 0 Å². The molecule has 1 aromatic rings. The van der Waals surface area contributed by atoms with E-state index in [1.54, 1.807) is 7.11 Å². The zero-order valence-electron chi connectivity index (χ0n) is 21.1. The van der Waals surface area contributed by atoms with E-state index < -0.39 is 5.60 Å². The molecule has 5 heteroatoms. The summed E-state index contributed by atoms with van der Waals surface area (Å²) < 4.78 is 11.5. The van der Waals surface area contributed by atoms with E-state index in [-0.39, 0.29) is 6.09 Å². The van der Waals surface area contributed by atoms with Crippen LogP contribution in [0.25, 0.3) is 0 Å². The van der Waals surface area contributed by atoms with E-state index in [1.807, 2.05) is 27.8 Å². The van der Waals surface area contributed by atoms with Gasteiger partial charge in [0.15, 0.2) is 0 Å². The van der Waals surface area contributed by atoms with Gasteiger partial charge in [0.25, 0.3) is 0 Å². The van der Waals surface area contributed by atoms with Gasteiger partial charge in [0.2, 0.25) is 0 Å². The van der Waals surface area contributed by atoms with Gasteiger partial charge < -0.3 is 14.4 Å². The first-order chi connectivity index (χ1) is 15.0. The lowest BCUT2D eigenvalue weighted by Gasteiger charge is -2.39. The average Bonchev–Trinajstić information content (AvgIpc) is 2.72. The van der Waals surface area contributed by atoms with Crippen LogP contribution >= 0.6 is 0 Å². The first kappa shape index (κ1) is 24.6. The Morgan fingerprint density at radius 2 is 1.91 bits per heavy atom. The lowest BCUT2D eigenvalue weighted by molar-refractivity contribution is -0.848. The van der Waals surface area contributed by atoms with Crippen LogP contribution in [0.3, 0.4) is 0 Å². The van der Waals surface area contributed by atoms with Crippen molar-refractivity contribution < 1.29 is 18.8 Å². The predicted molar refractivity (Wildman–Crippen MR) is 131 cm³/mol. The highest BCUT2D eigenvalue weighted by Crippen LogP contribution is 2.32. The fourth-order valence-corrected chi connectivity index (χ4v) is 5.33. The van der Waals surface area contributed by atoms with Gasteiger partial charge in [0, 0.05) is 30.6 Å². The number of hydrogen-bond donors (Lipinski definition) is 0. The number of quaternary nitrogens is 1. The third kappa shape index (κ3) is 6.06. The van der Waals surface area contributed by atoms with E-state index in [0.717, 1.165) is 57.6 Å². The van der Waals surface area contributed by atoms with Gasteiger partial charge in [0.05, 0.1) is 33.0 Å². The van der Waals surface area contributed by atoms with Crippen LogP contribution in [0.4, 0.5) is 10.5 Å². The summed E-state index contributed by atoms with van der Waals surface area (Å²) in [5.41, 5.74) is 3.61. The number of ether oxygens (including phenoxy) is 2. The van der Waals surface area contributed by atoms with Crippen molar-refractivity contribution in [1.82, 2.24) is 0 Å². The number of carbonyl (C=O) groups excluding carboxylic acids is 1. The van der Waals surface area contributed by atoms with Crippen molar-refractivity contribution in [2.24, 2.45) is 11.8 Å². The SMILES string of the molecule is C=C(OC)C1CCN(c2ccc(CC3CCC[N+](C)(C(=O)OC(C)(C)C)C3)cc2C)CC1. The van der Waals surface area contributed by atoms with Crippen LogP contribution in [0.5, 0.6) is 0 Å². The van der Waals surface area contributed by atoms with Gasteiger partial charge in [-0.2, -0.15) is 4.79 Å². The third-order valence-electron chi connectivity index (χ3n) is 7.10. The molecule has 178 valence electrons. The standard InChI is InChI=1S/C27H43N2O3/c1-20-17-22(10-11-25(20)28-14-12-24(13-15-28)21(2)31-7)18-23-9-8-16-29(6,19-23)26(30)32-27(3,4)5/h10-11,17,23-24H,2,8-9,12-16,18-19H2,1,3-7H3/q+1. The van der Waals surface area contributed by atoms with Crippen molar-refractivity contribution in [1.29, 1.82) is 0 Å². The monoisotopic (exact) mass is 443 g/mol. The van der Waals surface area contributed by atoms with Crippen LogP contribution in [0.1, 0.15) is 57.6 Å². The molecule has 3 rings (SSSR count). The van der Waals surface area contributed by atoms with Gasteiger partial charge in [-0.05, 0) is 77.0 Å². The maximum Gasteiger partial charge on any atom is 0.516 e. The van der Waals surface area contributed by atoms with Crippen molar-refractivity contribution in [2.75, 3.05) is 45.2 Å². The maximum absolute atomic E-state index is 12.8. The molecule has 2 atom stereocenters. The smallest absolute Gasteiger partial charge is 0.501 e. The Labute approximate surface area is 195 Å². The van der Waals surface area contributed by atoms with Crippen LogP contribution in [-0.4, -0.2) is 56.5 Å². The second kappa shape index (κ2) is 9.86. The molecular formula is C27H43N2O3+. The molecule has 1 amide bonds. The predicted octanol–water partition coefficient (Wildman–Crippen LogP) is 5.71. The zero-order valence-corrected chi connectivity index (χ0v) is 21.1. The number of allylic oxidation sites excluding steroid dienone is 1. The summed E-state index contributed by atoms with van der Waals surface area (Å²) in [6.07, 6.45) is 5.36. The number of rotatable bonds is 5. The number of nitrogens with zero attached hydrogens (tertiary/aromatic N) is 2. The van der Waals surface area contributed by atoms with Gasteiger partial charge in [-0.3, -0.25) is 0 Å². The topological polar surface area (TPSA) is 38.8 Å². The van der Waals surface area contributed by atoms with Crippen LogP contribution in [0, 0.1) is 18.8 Å². The highest BCUT2D eigenvalue weighted by molar-refractivity contribution is 5.60. The van der Waals surface area contributed by atoms with Crippen molar-refractivity contribution >= 4 is 11.8 Å². The van der Waals surface area contributed by atoms with E-state index in [0.29, 0.717) is 16.3 Å². The van der Waals surface area contributed by atoms with Crippen LogP contribution in [-0.2, 0) is 15.9 Å². The number of piperidine rings is 2. The lowest BCUT2D eigenvalue weighted by Crippen LogP contribution is -2.56. The van der Waals surface area contributed by atoms with E-state index >= 15 is 0 Å². The van der Waals surface area contributed by atoms with Crippen molar-refractivity contribution in [3.05, 3.63) is 41.7 Å². The fourth-order valence-electron chi connectivity index (χ4n) is 5.33. The summed E-state index contributed by atoms with van der Waals surface area (Å²) in [7, 11) is 3.76. The molecule has 2 fully saturated rings. The highest BCUT2D eigenvalue weighted by atomic mass is 16.6. The average molecular weight is 444 g/mol. The minimum absolute atomic E-state index is 0.0896. The van der Waals surface area contributed by atoms with Gasteiger partial charge in [-0.1, -0.05) is 18.7 Å². The second-order valence-electron chi connectivity index (χ2n) is 11.0. The van der Waals surface area contributed by atoms with Crippen molar-refractivity contribution in [3.8, 4) is 0 Å². The Kier molecular flexibility index (Phi) is 7.59. The Morgan fingerprint density at radius 1 is 1.22 bits per heavy atom. The Hall–Kier alpha value is -2.01. The molecule has 0 saturated carbocycles. The minimum Gasteiger partial charge on any atom is -0.501 e. The number of methoxy groups -OCH3 is 1. The molecule has 32 heavy (non-hydrogen) atoms. The summed E-state index contributed by atoms with van der Waals surface area (Å²) in [6.45, 7) is 15.9. The molecule has 2 aliphatic rings. The summed E-state index contributed by atoms with van der Waals surface area (Å²) in [5.74, 6) is 1.89. The number of amides is 1. The number of hydrogen-bond acceptors (Lipinski definition) is 4. The highest BCUT2D eigenvalue weighted by Gasteiger charge is 2.41. The minimum atomic E-state index is -0.441. The fraction of sp³-hybridized carbons (Fsp3) is 0.667. The normalized spacial score (nSPS) is 24.8. The zero-order chi connectivity index (χ0) is 23.5. The number of benzene rings is 1. The van der Waals surface area contributed by atoms with Gasteiger partial charge in [-0.15, -0.1) is 0 Å². The third-order valence-corrected chi connectivity index (χ3v) is 7.10. The van der Waals surface area contributed by atoms with Gasteiger partial charge in [-0.25, -0.2) is 4.48 Å². The van der Waals surface area contributed by atoms with Crippen LogP contribution in [0.15, 0.2) is 30.5 Å². The molecule has 0 radical (unpaired) electrons. The number of carbonyl (C=O) groups is 1. The van der Waals surface area contributed by atoms with E-state index in [2.05, 4.69) is 36.6 Å². The Bertz CT molecular complexity index is 821. The Balaban J connectivity index is 1.61. The summed E-state index contributed by atoms with van der Waals surface area (Å²) in [6, 6.07) is 6.93. The maximum atomic E-state index is 12.8. The molecule has 2 heterocycles. The van der Waals surface area contributed by atoms with Crippen molar-refractivity contribution in [3.63, 3.8) is 0 Å². The van der Waals surface area contributed by atoms with Gasteiger partial charge >= 0.3 is 6.09 Å². The molecular weight excluding hydrogens is 400 g/mol. The molecule has 2 unspecified atom stereocenters. The molecule has 5 nitrogen and oxygen atoms in total. The van der Waals surface area contributed by atoms with Crippen LogP contribution < -0.4 is 4.90 Å². The quantitative estimate of drug-likeness (QED) is 0.432. The van der Waals surface area contributed by atoms with E-state index in [1.165, 1.54) is 23.2 Å². The lowest BCUT2D eigenvalue weighted by atomic mass is 9.89. The number of aryl methyl sites for hydroxylation is 1. The molecule has 0 spiro atoms. The molecule has 0 aromatic heterocycles. The van der Waals surface area contributed by atoms with Crippen molar-refractivity contribution in [2.45, 2.75) is 65.4 Å².